The Balaban J connectivity index is 2.28. The van der Waals surface area contributed by atoms with Gasteiger partial charge in [-0.1, -0.05) is 11.6 Å². The summed E-state index contributed by atoms with van der Waals surface area (Å²) in [5.74, 6) is 0.775. The van der Waals surface area contributed by atoms with Crippen molar-refractivity contribution >= 4 is 35.0 Å². The molecule has 0 aliphatic heterocycles. The summed E-state index contributed by atoms with van der Waals surface area (Å²) in [7, 11) is 0. The number of anilines is 2. The molecule has 0 aliphatic rings. The Morgan fingerprint density at radius 3 is 2.53 bits per heavy atom. The number of hydrogen-bond acceptors (Lipinski definition) is 5. The number of nitrogens with zero attached hydrogens (tertiary/aromatic N) is 4. The maximum Gasteiger partial charge on any atom is 0.228 e. The van der Waals surface area contributed by atoms with Crippen molar-refractivity contribution in [3.63, 3.8) is 0 Å². The standard InChI is InChI=1S/C8H5Cl2N5/c9-5-4-13-7(10)14-6(5)15-8-11-2-1-3-12-8/h1-4H,(H,11,12,13,14,15). The average Bonchev–Trinajstić information content (AvgIpc) is 2.25. The van der Waals surface area contributed by atoms with Crippen LogP contribution in [0.5, 0.6) is 0 Å². The highest BCUT2D eigenvalue weighted by Crippen LogP contribution is 2.21. The summed E-state index contributed by atoms with van der Waals surface area (Å²) in [6.45, 7) is 0. The topological polar surface area (TPSA) is 63.6 Å². The molecule has 0 amide bonds. The minimum atomic E-state index is 0.109. The van der Waals surface area contributed by atoms with Gasteiger partial charge in [-0.15, -0.1) is 0 Å². The number of hydrogen-bond donors (Lipinski definition) is 1. The van der Waals surface area contributed by atoms with Gasteiger partial charge < -0.3 is 5.32 Å². The highest BCUT2D eigenvalue weighted by molar-refractivity contribution is 6.33. The summed E-state index contributed by atoms with van der Waals surface area (Å²) in [5.41, 5.74) is 0. The molecule has 0 atom stereocenters. The van der Waals surface area contributed by atoms with E-state index in [4.69, 9.17) is 23.2 Å². The van der Waals surface area contributed by atoms with Crippen molar-refractivity contribution in [1.29, 1.82) is 0 Å². The predicted octanol–water partition coefficient (Wildman–Crippen LogP) is 2.32. The van der Waals surface area contributed by atoms with E-state index in [9.17, 15) is 0 Å². The zero-order valence-corrected chi connectivity index (χ0v) is 8.87. The lowest BCUT2D eigenvalue weighted by atomic mass is 10.5. The third-order valence-electron chi connectivity index (χ3n) is 1.51. The summed E-state index contributed by atoms with van der Waals surface area (Å²) in [4.78, 5) is 15.5. The molecule has 2 aromatic heterocycles. The van der Waals surface area contributed by atoms with Gasteiger partial charge in [0.2, 0.25) is 11.2 Å². The first kappa shape index (κ1) is 10.1. The lowest BCUT2D eigenvalue weighted by Crippen LogP contribution is -1.99. The summed E-state index contributed by atoms with van der Waals surface area (Å²) in [5, 5.41) is 3.29. The molecular formula is C8H5Cl2N5. The summed E-state index contributed by atoms with van der Waals surface area (Å²) < 4.78 is 0. The number of rotatable bonds is 2. The maximum atomic E-state index is 5.84. The first-order chi connectivity index (χ1) is 7.25. The fourth-order valence-corrected chi connectivity index (χ4v) is 1.17. The normalized spacial score (nSPS) is 10.0. The second-order valence-corrected chi connectivity index (χ2v) is 3.28. The van der Waals surface area contributed by atoms with Gasteiger partial charge in [0.15, 0.2) is 5.82 Å². The zero-order valence-electron chi connectivity index (χ0n) is 7.35. The van der Waals surface area contributed by atoms with Crippen molar-refractivity contribution < 1.29 is 0 Å². The van der Waals surface area contributed by atoms with Crippen LogP contribution < -0.4 is 5.32 Å². The quantitative estimate of drug-likeness (QED) is 0.818. The molecule has 0 saturated carbocycles. The molecule has 0 unspecified atom stereocenters. The van der Waals surface area contributed by atoms with Crippen LogP contribution in [0.1, 0.15) is 0 Å². The van der Waals surface area contributed by atoms with Crippen LogP contribution in [0.2, 0.25) is 10.3 Å². The van der Waals surface area contributed by atoms with Gasteiger partial charge in [0.05, 0.1) is 6.20 Å². The number of nitrogens with one attached hydrogen (secondary N) is 1. The van der Waals surface area contributed by atoms with E-state index in [2.05, 4.69) is 25.3 Å². The second kappa shape index (κ2) is 4.37. The van der Waals surface area contributed by atoms with Crippen molar-refractivity contribution in [2.45, 2.75) is 0 Å². The van der Waals surface area contributed by atoms with Crippen molar-refractivity contribution in [2.75, 3.05) is 5.32 Å². The zero-order chi connectivity index (χ0) is 10.7. The molecule has 5 nitrogen and oxygen atoms in total. The van der Waals surface area contributed by atoms with Crippen molar-refractivity contribution in [3.05, 3.63) is 35.0 Å². The van der Waals surface area contributed by atoms with Gasteiger partial charge in [-0.2, -0.15) is 4.98 Å². The monoisotopic (exact) mass is 241 g/mol. The van der Waals surface area contributed by atoms with Crippen LogP contribution >= 0.6 is 23.2 Å². The van der Waals surface area contributed by atoms with E-state index in [1.807, 2.05) is 0 Å². The number of halogens is 2. The van der Waals surface area contributed by atoms with Crippen LogP contribution in [-0.2, 0) is 0 Å². The smallest absolute Gasteiger partial charge is 0.228 e. The Morgan fingerprint density at radius 2 is 1.80 bits per heavy atom. The van der Waals surface area contributed by atoms with E-state index in [1.165, 1.54) is 6.20 Å². The van der Waals surface area contributed by atoms with E-state index < -0.39 is 0 Å². The van der Waals surface area contributed by atoms with E-state index in [-0.39, 0.29) is 5.28 Å². The third kappa shape index (κ3) is 2.51. The molecule has 76 valence electrons. The predicted molar refractivity (Wildman–Crippen MR) is 57.4 cm³/mol. The van der Waals surface area contributed by atoms with Gasteiger partial charge >= 0.3 is 0 Å². The molecule has 2 aromatic rings. The minimum absolute atomic E-state index is 0.109. The average molecular weight is 242 g/mol. The molecule has 1 N–H and O–H groups in total. The molecule has 15 heavy (non-hydrogen) atoms. The molecule has 2 heterocycles. The van der Waals surface area contributed by atoms with Gasteiger partial charge in [0.25, 0.3) is 0 Å². The fourth-order valence-electron chi connectivity index (χ4n) is 0.903. The summed E-state index contributed by atoms with van der Waals surface area (Å²) in [6, 6.07) is 1.71. The van der Waals surface area contributed by atoms with Crippen LogP contribution in [0.15, 0.2) is 24.7 Å². The van der Waals surface area contributed by atoms with Gasteiger partial charge in [-0.05, 0) is 17.7 Å². The molecule has 0 fully saturated rings. The van der Waals surface area contributed by atoms with Crippen molar-refractivity contribution in [3.8, 4) is 0 Å². The Morgan fingerprint density at radius 1 is 1.07 bits per heavy atom. The molecule has 0 aliphatic carbocycles. The molecule has 7 heteroatoms. The molecule has 0 radical (unpaired) electrons. The van der Waals surface area contributed by atoms with E-state index >= 15 is 0 Å². The Bertz CT molecular complexity index is 462. The first-order valence-corrected chi connectivity index (χ1v) is 4.73. The van der Waals surface area contributed by atoms with Gasteiger partial charge in [-0.25, -0.2) is 15.0 Å². The van der Waals surface area contributed by atoms with Gasteiger partial charge in [-0.3, -0.25) is 0 Å². The Hall–Kier alpha value is -1.46. The van der Waals surface area contributed by atoms with Crippen LogP contribution in [-0.4, -0.2) is 19.9 Å². The number of aromatic nitrogens is 4. The molecular weight excluding hydrogens is 237 g/mol. The lowest BCUT2D eigenvalue weighted by molar-refractivity contribution is 1.12. The SMILES string of the molecule is Clc1ncc(Cl)c(Nc2ncccn2)n1. The highest BCUT2D eigenvalue weighted by atomic mass is 35.5. The van der Waals surface area contributed by atoms with Gasteiger partial charge in [0.1, 0.15) is 5.02 Å². The molecule has 0 saturated heterocycles. The van der Waals surface area contributed by atoms with Crippen LogP contribution in [0.4, 0.5) is 11.8 Å². The lowest BCUT2D eigenvalue weighted by Gasteiger charge is -2.04. The molecule has 0 aromatic carbocycles. The summed E-state index contributed by atoms with van der Waals surface area (Å²) in [6.07, 6.45) is 4.61. The maximum absolute atomic E-state index is 5.84. The van der Waals surface area contributed by atoms with Gasteiger partial charge in [0, 0.05) is 12.4 Å². The molecule has 2 rings (SSSR count). The second-order valence-electron chi connectivity index (χ2n) is 2.53. The largest absolute Gasteiger partial charge is 0.307 e. The van der Waals surface area contributed by atoms with Crippen LogP contribution in [0.25, 0.3) is 0 Å². The fraction of sp³-hybridized carbons (Fsp3) is 0. The summed E-state index contributed by atoms with van der Waals surface area (Å²) >= 11 is 11.5. The molecule has 0 bridgehead atoms. The minimum Gasteiger partial charge on any atom is -0.307 e. The van der Waals surface area contributed by atoms with Crippen molar-refractivity contribution in [2.24, 2.45) is 0 Å². The molecule has 0 spiro atoms. The van der Waals surface area contributed by atoms with Crippen molar-refractivity contribution in [1.82, 2.24) is 19.9 Å². The Labute approximate surface area is 95.5 Å². The highest BCUT2D eigenvalue weighted by Gasteiger charge is 2.05. The van der Waals surface area contributed by atoms with Crippen LogP contribution in [0.3, 0.4) is 0 Å². The third-order valence-corrected chi connectivity index (χ3v) is 1.97. The first-order valence-electron chi connectivity index (χ1n) is 3.98. The van der Waals surface area contributed by atoms with Crippen LogP contribution in [0, 0.1) is 0 Å². The van der Waals surface area contributed by atoms with E-state index in [0.717, 1.165) is 0 Å². The van der Waals surface area contributed by atoms with E-state index in [0.29, 0.717) is 16.8 Å². The van der Waals surface area contributed by atoms with E-state index in [1.54, 1.807) is 18.5 Å². The Kier molecular flexibility index (Phi) is 2.94.